The minimum atomic E-state index is -0.0771. The van der Waals surface area contributed by atoms with Crippen molar-refractivity contribution >= 4 is 28.6 Å². The predicted octanol–water partition coefficient (Wildman–Crippen LogP) is 3.81. The average Bonchev–Trinajstić information content (AvgIpc) is 3.25. The number of carbonyl (C=O) groups excluding carboxylic acids is 1. The zero-order chi connectivity index (χ0) is 19.5. The number of fused-ring (bicyclic) bond motifs is 1. The highest BCUT2D eigenvalue weighted by molar-refractivity contribution is 7.07. The van der Waals surface area contributed by atoms with Crippen LogP contribution in [0, 0.1) is 6.92 Å². The molecule has 0 spiro atoms. The first-order valence-electron chi connectivity index (χ1n) is 9.47. The number of hydrogen-bond donors (Lipinski definition) is 1. The molecular weight excluding hydrogens is 370 g/mol. The van der Waals surface area contributed by atoms with Crippen LogP contribution >= 0.6 is 11.3 Å². The highest BCUT2D eigenvalue weighted by Gasteiger charge is 2.19. The Kier molecular flexibility index (Phi) is 5.30. The monoisotopic (exact) mass is 393 g/mol. The predicted molar refractivity (Wildman–Crippen MR) is 114 cm³/mol. The fraction of sp³-hybridized carbons (Fsp3) is 0.273. The Labute approximate surface area is 168 Å². The van der Waals surface area contributed by atoms with Gasteiger partial charge in [-0.2, -0.15) is 0 Å². The second-order valence-electron chi connectivity index (χ2n) is 7.05. The van der Waals surface area contributed by atoms with Crippen molar-refractivity contribution in [3.63, 3.8) is 0 Å². The molecule has 28 heavy (non-hydrogen) atoms. The third kappa shape index (κ3) is 3.87. The highest BCUT2D eigenvalue weighted by atomic mass is 32.1. The number of thiazole rings is 1. The van der Waals surface area contributed by atoms with E-state index < -0.39 is 0 Å². The molecule has 0 radical (unpaired) electrons. The van der Waals surface area contributed by atoms with Gasteiger partial charge >= 0.3 is 4.87 Å². The molecule has 1 amide bonds. The third-order valence-electron chi connectivity index (χ3n) is 5.17. The highest BCUT2D eigenvalue weighted by Crippen LogP contribution is 2.30. The summed E-state index contributed by atoms with van der Waals surface area (Å²) in [6, 6.07) is 16.4. The van der Waals surface area contributed by atoms with E-state index in [1.165, 1.54) is 22.6 Å². The topological polar surface area (TPSA) is 54.3 Å². The van der Waals surface area contributed by atoms with E-state index in [2.05, 4.69) is 40.5 Å². The fourth-order valence-corrected chi connectivity index (χ4v) is 4.42. The fourth-order valence-electron chi connectivity index (χ4n) is 3.66. The minimum absolute atomic E-state index is 0.0154. The van der Waals surface area contributed by atoms with Crippen LogP contribution < -0.4 is 15.1 Å². The minimum Gasteiger partial charge on any atom is -0.367 e. The third-order valence-corrected chi connectivity index (χ3v) is 6.06. The van der Waals surface area contributed by atoms with E-state index in [-0.39, 0.29) is 17.2 Å². The Morgan fingerprint density at radius 1 is 1.14 bits per heavy atom. The van der Waals surface area contributed by atoms with Crippen molar-refractivity contribution in [2.75, 3.05) is 16.8 Å². The molecule has 2 aromatic carbocycles. The van der Waals surface area contributed by atoms with Crippen LogP contribution in [0.3, 0.4) is 0 Å². The quantitative estimate of drug-likeness (QED) is 0.693. The van der Waals surface area contributed by atoms with Gasteiger partial charge in [0.2, 0.25) is 5.91 Å². The number of aromatic nitrogens is 1. The van der Waals surface area contributed by atoms with Gasteiger partial charge in [0.05, 0.1) is 0 Å². The lowest BCUT2D eigenvalue weighted by Gasteiger charge is -2.21. The number of rotatable bonds is 6. The molecule has 1 aliphatic heterocycles. The van der Waals surface area contributed by atoms with Gasteiger partial charge in [0.1, 0.15) is 0 Å². The Bertz CT molecular complexity index is 1050. The molecule has 0 saturated carbocycles. The zero-order valence-corrected chi connectivity index (χ0v) is 16.7. The summed E-state index contributed by atoms with van der Waals surface area (Å²) < 4.78 is 1.65. The van der Waals surface area contributed by atoms with E-state index in [1.54, 1.807) is 4.57 Å². The van der Waals surface area contributed by atoms with E-state index in [1.807, 2.05) is 30.5 Å². The summed E-state index contributed by atoms with van der Waals surface area (Å²) in [4.78, 5) is 26.6. The maximum absolute atomic E-state index is 12.5. The van der Waals surface area contributed by atoms with E-state index in [4.69, 9.17) is 0 Å². The summed E-state index contributed by atoms with van der Waals surface area (Å²) in [5.74, 6) is -0.0771. The lowest BCUT2D eigenvalue weighted by Crippen LogP contribution is -2.23. The largest absolute Gasteiger partial charge is 0.367 e. The van der Waals surface area contributed by atoms with Gasteiger partial charge in [-0.1, -0.05) is 47.7 Å². The Balaban J connectivity index is 1.43. The molecule has 1 aromatic heterocycles. The van der Waals surface area contributed by atoms with Crippen molar-refractivity contribution in [2.24, 2.45) is 0 Å². The summed E-state index contributed by atoms with van der Waals surface area (Å²) in [5, 5.41) is 4.86. The summed E-state index contributed by atoms with van der Waals surface area (Å²) in [6.07, 6.45) is 1.33. The normalized spacial score (nSPS) is 12.8. The van der Waals surface area contributed by atoms with Gasteiger partial charge in [0, 0.05) is 48.5 Å². The van der Waals surface area contributed by atoms with Crippen LogP contribution in [0.2, 0.25) is 0 Å². The standard InChI is InChI=1S/C22H23N3O2S/c1-16-15-28-22(27)25(16)13-11-21(26)23-19-8-4-2-7-18(19)14-24-12-10-17-6-3-5-9-20(17)24/h2-9,15H,10-14H2,1H3,(H,23,26). The van der Waals surface area contributed by atoms with Crippen LogP contribution in [0.4, 0.5) is 11.4 Å². The maximum atomic E-state index is 12.5. The smallest absolute Gasteiger partial charge is 0.307 e. The lowest BCUT2D eigenvalue weighted by atomic mass is 10.1. The molecule has 3 aromatic rings. The Hall–Kier alpha value is -2.86. The summed E-state index contributed by atoms with van der Waals surface area (Å²) >= 11 is 1.17. The van der Waals surface area contributed by atoms with Crippen molar-refractivity contribution in [1.29, 1.82) is 0 Å². The summed E-state index contributed by atoms with van der Waals surface area (Å²) in [7, 11) is 0. The molecule has 5 nitrogen and oxygen atoms in total. The van der Waals surface area contributed by atoms with Gasteiger partial charge in [0.25, 0.3) is 0 Å². The molecule has 1 N–H and O–H groups in total. The molecule has 0 unspecified atom stereocenters. The van der Waals surface area contributed by atoms with Crippen molar-refractivity contribution in [2.45, 2.75) is 32.9 Å². The van der Waals surface area contributed by atoms with E-state index >= 15 is 0 Å². The van der Waals surface area contributed by atoms with Gasteiger partial charge in [-0.15, -0.1) is 0 Å². The van der Waals surface area contributed by atoms with E-state index in [0.717, 1.165) is 36.5 Å². The van der Waals surface area contributed by atoms with Gasteiger partial charge in [-0.25, -0.2) is 0 Å². The lowest BCUT2D eigenvalue weighted by molar-refractivity contribution is -0.116. The number of hydrogen-bond acceptors (Lipinski definition) is 4. The molecule has 6 heteroatoms. The SMILES string of the molecule is Cc1csc(=O)n1CCC(=O)Nc1ccccc1CN1CCc2ccccc21. The molecule has 4 rings (SSSR count). The van der Waals surface area contributed by atoms with Gasteiger partial charge < -0.3 is 14.8 Å². The van der Waals surface area contributed by atoms with Crippen molar-refractivity contribution in [3.8, 4) is 0 Å². The van der Waals surface area contributed by atoms with Crippen molar-refractivity contribution in [3.05, 3.63) is 80.4 Å². The Morgan fingerprint density at radius 3 is 2.75 bits per heavy atom. The molecular formula is C22H23N3O2S. The van der Waals surface area contributed by atoms with E-state index in [9.17, 15) is 9.59 Å². The van der Waals surface area contributed by atoms with Crippen LogP contribution in [0.25, 0.3) is 0 Å². The van der Waals surface area contributed by atoms with Crippen LogP contribution in [-0.2, 0) is 24.3 Å². The number of anilines is 2. The van der Waals surface area contributed by atoms with Crippen LogP contribution in [0.15, 0.2) is 58.7 Å². The molecule has 0 fully saturated rings. The maximum Gasteiger partial charge on any atom is 0.307 e. The Morgan fingerprint density at radius 2 is 1.93 bits per heavy atom. The molecule has 0 bridgehead atoms. The van der Waals surface area contributed by atoms with Crippen LogP contribution in [-0.4, -0.2) is 17.0 Å². The molecule has 0 atom stereocenters. The molecule has 2 heterocycles. The van der Waals surface area contributed by atoms with Crippen LogP contribution in [0.5, 0.6) is 0 Å². The summed E-state index contributed by atoms with van der Waals surface area (Å²) in [5.41, 5.74) is 5.48. The van der Waals surface area contributed by atoms with Gasteiger partial charge in [-0.3, -0.25) is 9.59 Å². The number of benzene rings is 2. The second-order valence-corrected chi connectivity index (χ2v) is 7.87. The van der Waals surface area contributed by atoms with E-state index in [0.29, 0.717) is 6.54 Å². The number of amides is 1. The molecule has 0 aliphatic carbocycles. The van der Waals surface area contributed by atoms with Gasteiger partial charge in [0.15, 0.2) is 0 Å². The van der Waals surface area contributed by atoms with Gasteiger partial charge in [-0.05, 0) is 36.6 Å². The first-order valence-corrected chi connectivity index (χ1v) is 10.4. The van der Waals surface area contributed by atoms with Crippen molar-refractivity contribution in [1.82, 2.24) is 4.57 Å². The van der Waals surface area contributed by atoms with Crippen LogP contribution in [0.1, 0.15) is 23.2 Å². The number of para-hydroxylation sites is 2. The molecule has 0 saturated heterocycles. The molecule has 1 aliphatic rings. The summed E-state index contributed by atoms with van der Waals surface area (Å²) in [6.45, 7) is 4.04. The first-order chi connectivity index (χ1) is 13.6. The zero-order valence-electron chi connectivity index (χ0n) is 15.9. The molecule has 144 valence electrons. The number of carbonyl (C=O) groups is 1. The number of nitrogens with one attached hydrogen (secondary N) is 1. The number of aryl methyl sites for hydroxylation is 1. The second kappa shape index (κ2) is 8.02. The first kappa shape index (κ1) is 18.5. The van der Waals surface area contributed by atoms with Crippen molar-refractivity contribution < 1.29 is 4.79 Å². The average molecular weight is 394 g/mol. The number of nitrogens with zero attached hydrogens (tertiary/aromatic N) is 2.